The van der Waals surface area contributed by atoms with Crippen molar-refractivity contribution in [1.29, 1.82) is 0 Å². The number of carbonyl (C=O) groups is 2. The van der Waals surface area contributed by atoms with Crippen LogP contribution in [0.4, 0.5) is 5.69 Å². The average Bonchev–Trinajstić information content (AvgIpc) is 2.57. The number of ether oxygens (including phenoxy) is 1. The van der Waals surface area contributed by atoms with E-state index in [1.54, 1.807) is 48.5 Å². The molecule has 0 atom stereocenters. The summed E-state index contributed by atoms with van der Waals surface area (Å²) in [4.78, 5) is 23.2. The summed E-state index contributed by atoms with van der Waals surface area (Å²) >= 11 is 11.9. The maximum Gasteiger partial charge on any atom is 0.337 e. The SMILES string of the molecule is COC(=O)c1ccc(/C=C/C(=O)Nc2cccc(Cl)c2Cl)cc1. The Morgan fingerprint density at radius 2 is 1.78 bits per heavy atom. The van der Waals surface area contributed by atoms with Crippen molar-refractivity contribution in [2.75, 3.05) is 12.4 Å². The summed E-state index contributed by atoms with van der Waals surface area (Å²) in [7, 11) is 1.32. The number of methoxy groups -OCH3 is 1. The van der Waals surface area contributed by atoms with Crippen molar-refractivity contribution < 1.29 is 14.3 Å². The number of benzene rings is 2. The predicted molar refractivity (Wildman–Crippen MR) is 91.9 cm³/mol. The van der Waals surface area contributed by atoms with Crippen molar-refractivity contribution in [3.63, 3.8) is 0 Å². The van der Waals surface area contributed by atoms with Crippen molar-refractivity contribution in [2.24, 2.45) is 0 Å². The van der Waals surface area contributed by atoms with Crippen LogP contribution >= 0.6 is 23.2 Å². The molecule has 0 radical (unpaired) electrons. The number of esters is 1. The highest BCUT2D eigenvalue weighted by atomic mass is 35.5. The van der Waals surface area contributed by atoms with Gasteiger partial charge in [0.15, 0.2) is 0 Å². The number of nitrogens with one attached hydrogen (secondary N) is 1. The molecule has 0 aliphatic rings. The highest BCUT2D eigenvalue weighted by Crippen LogP contribution is 2.29. The van der Waals surface area contributed by atoms with Gasteiger partial charge in [0.05, 0.1) is 28.4 Å². The predicted octanol–water partition coefficient (Wildman–Crippen LogP) is 4.43. The Morgan fingerprint density at radius 3 is 2.43 bits per heavy atom. The van der Waals surface area contributed by atoms with Gasteiger partial charge in [-0.1, -0.05) is 41.4 Å². The molecule has 0 bridgehead atoms. The molecule has 0 heterocycles. The smallest absolute Gasteiger partial charge is 0.337 e. The molecule has 0 fully saturated rings. The van der Waals surface area contributed by atoms with E-state index < -0.39 is 5.97 Å². The Morgan fingerprint density at radius 1 is 1.09 bits per heavy atom. The number of amides is 1. The third-order valence-corrected chi connectivity index (χ3v) is 3.79. The van der Waals surface area contributed by atoms with Crippen molar-refractivity contribution in [2.45, 2.75) is 0 Å². The highest BCUT2D eigenvalue weighted by molar-refractivity contribution is 6.44. The number of carbonyl (C=O) groups excluding carboxylic acids is 2. The quantitative estimate of drug-likeness (QED) is 0.656. The van der Waals surface area contributed by atoms with Crippen LogP contribution < -0.4 is 5.32 Å². The standard InChI is InChI=1S/C17H13Cl2NO3/c1-23-17(22)12-8-5-11(6-9-12)7-10-15(21)20-14-4-2-3-13(18)16(14)19/h2-10H,1H3,(H,20,21)/b10-7+. The number of halogens is 2. The second kappa shape index (κ2) is 7.81. The third kappa shape index (κ3) is 4.58. The maximum absolute atomic E-state index is 11.9. The second-order valence-corrected chi connectivity index (χ2v) is 5.32. The second-order valence-electron chi connectivity index (χ2n) is 4.54. The van der Waals surface area contributed by atoms with E-state index in [0.717, 1.165) is 5.56 Å². The Balaban J connectivity index is 2.03. The lowest BCUT2D eigenvalue weighted by molar-refractivity contribution is -0.111. The molecule has 1 N–H and O–H groups in total. The normalized spacial score (nSPS) is 10.6. The van der Waals surface area contributed by atoms with Crippen LogP contribution in [0.1, 0.15) is 15.9 Å². The van der Waals surface area contributed by atoms with Crippen molar-refractivity contribution >= 4 is 46.8 Å². The van der Waals surface area contributed by atoms with Crippen molar-refractivity contribution in [3.8, 4) is 0 Å². The first-order chi connectivity index (χ1) is 11.0. The Labute approximate surface area is 143 Å². The van der Waals surface area contributed by atoms with Gasteiger partial charge in [0.25, 0.3) is 0 Å². The van der Waals surface area contributed by atoms with Crippen LogP contribution in [0.2, 0.25) is 10.0 Å². The van der Waals surface area contributed by atoms with Crippen LogP contribution in [0.3, 0.4) is 0 Å². The van der Waals surface area contributed by atoms with E-state index >= 15 is 0 Å². The molecule has 1 amide bonds. The Bertz CT molecular complexity index is 755. The van der Waals surface area contributed by atoms with Gasteiger partial charge in [-0.25, -0.2) is 4.79 Å². The van der Waals surface area contributed by atoms with Crippen LogP contribution in [0.15, 0.2) is 48.5 Å². The van der Waals surface area contributed by atoms with Gasteiger partial charge in [0.2, 0.25) is 5.91 Å². The van der Waals surface area contributed by atoms with Gasteiger partial charge < -0.3 is 10.1 Å². The highest BCUT2D eigenvalue weighted by Gasteiger charge is 2.06. The van der Waals surface area contributed by atoms with E-state index in [1.165, 1.54) is 13.2 Å². The molecule has 6 heteroatoms. The summed E-state index contributed by atoms with van der Waals surface area (Å²) in [6.07, 6.45) is 2.99. The van der Waals surface area contributed by atoms with Crippen molar-refractivity contribution in [1.82, 2.24) is 0 Å². The van der Waals surface area contributed by atoms with E-state index in [9.17, 15) is 9.59 Å². The summed E-state index contributed by atoms with van der Waals surface area (Å²) in [6, 6.07) is 11.7. The van der Waals surface area contributed by atoms with E-state index in [0.29, 0.717) is 21.3 Å². The minimum absolute atomic E-state index is 0.290. The molecule has 2 rings (SSSR count). The fraction of sp³-hybridized carbons (Fsp3) is 0.0588. The monoisotopic (exact) mass is 349 g/mol. The number of rotatable bonds is 4. The van der Waals surface area contributed by atoms with Crippen LogP contribution in [0, 0.1) is 0 Å². The molecule has 118 valence electrons. The molecule has 0 aliphatic carbocycles. The number of hydrogen-bond acceptors (Lipinski definition) is 3. The Hall–Kier alpha value is -2.30. The first-order valence-corrected chi connectivity index (χ1v) is 7.38. The van der Waals surface area contributed by atoms with Gasteiger partial charge in [-0.15, -0.1) is 0 Å². The number of hydrogen-bond donors (Lipinski definition) is 1. The topological polar surface area (TPSA) is 55.4 Å². The maximum atomic E-state index is 11.9. The van der Waals surface area contributed by atoms with Crippen LogP contribution in [-0.2, 0) is 9.53 Å². The summed E-state index contributed by atoms with van der Waals surface area (Å²) in [5.74, 6) is -0.750. The molecule has 4 nitrogen and oxygen atoms in total. The van der Waals surface area contributed by atoms with Gasteiger partial charge in [-0.3, -0.25) is 4.79 Å². The molecule has 2 aromatic rings. The minimum atomic E-state index is -0.408. The van der Waals surface area contributed by atoms with Crippen LogP contribution in [-0.4, -0.2) is 19.0 Å². The molecule has 0 aliphatic heterocycles. The molecular weight excluding hydrogens is 337 g/mol. The Kier molecular flexibility index (Phi) is 5.79. The van der Waals surface area contributed by atoms with Crippen LogP contribution in [0.5, 0.6) is 0 Å². The summed E-state index contributed by atoms with van der Waals surface area (Å²) in [5.41, 5.74) is 1.65. The third-order valence-electron chi connectivity index (χ3n) is 2.97. The summed E-state index contributed by atoms with van der Waals surface area (Å²) < 4.78 is 4.62. The zero-order chi connectivity index (χ0) is 16.8. The molecule has 2 aromatic carbocycles. The van der Waals surface area contributed by atoms with Gasteiger partial charge in [-0.05, 0) is 35.9 Å². The minimum Gasteiger partial charge on any atom is -0.465 e. The summed E-state index contributed by atoms with van der Waals surface area (Å²) in [6.45, 7) is 0. The fourth-order valence-corrected chi connectivity index (χ4v) is 2.14. The molecular formula is C17H13Cl2NO3. The van der Waals surface area contributed by atoms with Crippen molar-refractivity contribution in [3.05, 3.63) is 69.7 Å². The summed E-state index contributed by atoms with van der Waals surface area (Å²) in [5, 5.41) is 3.30. The lowest BCUT2D eigenvalue weighted by atomic mass is 10.1. The lowest BCUT2D eigenvalue weighted by Gasteiger charge is -2.05. The fourth-order valence-electron chi connectivity index (χ4n) is 1.79. The zero-order valence-corrected chi connectivity index (χ0v) is 13.7. The van der Waals surface area contributed by atoms with E-state index in [-0.39, 0.29) is 5.91 Å². The first kappa shape index (κ1) is 17.1. The average molecular weight is 350 g/mol. The van der Waals surface area contributed by atoms with Crippen LogP contribution in [0.25, 0.3) is 6.08 Å². The molecule has 23 heavy (non-hydrogen) atoms. The van der Waals surface area contributed by atoms with E-state index in [2.05, 4.69) is 10.1 Å². The molecule has 0 aromatic heterocycles. The largest absolute Gasteiger partial charge is 0.465 e. The van der Waals surface area contributed by atoms with Gasteiger partial charge >= 0.3 is 5.97 Å². The lowest BCUT2D eigenvalue weighted by Crippen LogP contribution is -2.08. The number of anilines is 1. The first-order valence-electron chi connectivity index (χ1n) is 6.62. The van der Waals surface area contributed by atoms with E-state index in [4.69, 9.17) is 23.2 Å². The van der Waals surface area contributed by atoms with Gasteiger partial charge in [-0.2, -0.15) is 0 Å². The molecule has 0 unspecified atom stereocenters. The van der Waals surface area contributed by atoms with E-state index in [1.807, 2.05) is 0 Å². The van der Waals surface area contributed by atoms with Gasteiger partial charge in [0.1, 0.15) is 0 Å². The molecule has 0 saturated carbocycles. The molecule has 0 spiro atoms. The zero-order valence-electron chi connectivity index (χ0n) is 12.2. The molecule has 0 saturated heterocycles. The van der Waals surface area contributed by atoms with Gasteiger partial charge in [0, 0.05) is 6.08 Å².